The molecule has 1 aromatic heterocycles. The molecule has 0 atom stereocenters. The molecule has 114 valence electrons. The van der Waals surface area contributed by atoms with Gasteiger partial charge in [0.2, 0.25) is 6.41 Å². The number of nitrogens with one attached hydrogen (secondary N) is 1. The van der Waals surface area contributed by atoms with E-state index in [0.29, 0.717) is 23.5 Å². The molecule has 1 heterocycles. The van der Waals surface area contributed by atoms with E-state index < -0.39 is 11.7 Å². The number of amides is 2. The summed E-state index contributed by atoms with van der Waals surface area (Å²) in [4.78, 5) is 22.2. The molecule has 7 heteroatoms. The molecule has 0 radical (unpaired) electrons. The van der Waals surface area contributed by atoms with Gasteiger partial charge in [-0.15, -0.1) is 11.8 Å². The summed E-state index contributed by atoms with van der Waals surface area (Å²) in [7, 11) is 0. The Morgan fingerprint density at radius 3 is 2.77 bits per heavy atom. The van der Waals surface area contributed by atoms with Crippen molar-refractivity contribution >= 4 is 30.2 Å². The maximum absolute atomic E-state index is 13.0. The van der Waals surface area contributed by atoms with Crippen LogP contribution in [-0.4, -0.2) is 23.7 Å². The molecule has 0 saturated heterocycles. The van der Waals surface area contributed by atoms with Gasteiger partial charge in [-0.25, -0.2) is 4.39 Å². The minimum Gasteiger partial charge on any atom is -0.507 e. The zero-order valence-electron chi connectivity index (χ0n) is 11.5. The van der Waals surface area contributed by atoms with Crippen LogP contribution in [0.25, 0.3) is 17.4 Å². The van der Waals surface area contributed by atoms with Crippen molar-refractivity contribution in [2.45, 2.75) is 0 Å². The number of halogens is 1. The molecule has 0 bridgehead atoms. The fraction of sp³-hybridized carbons (Fsp3) is 0.0667. The quantitative estimate of drug-likeness (QED) is 0.654. The summed E-state index contributed by atoms with van der Waals surface area (Å²) < 4.78 is 18.5. The van der Waals surface area contributed by atoms with Gasteiger partial charge in [0, 0.05) is 6.07 Å². The molecule has 0 saturated carbocycles. The number of rotatable bonds is 5. The first-order chi connectivity index (χ1) is 10.5. The second kappa shape index (κ2) is 6.95. The van der Waals surface area contributed by atoms with Crippen LogP contribution >= 0.6 is 11.8 Å². The van der Waals surface area contributed by atoms with Gasteiger partial charge in [-0.1, -0.05) is 0 Å². The Morgan fingerprint density at radius 2 is 2.14 bits per heavy atom. The van der Waals surface area contributed by atoms with Crippen molar-refractivity contribution in [1.29, 1.82) is 0 Å². The first-order valence-electron chi connectivity index (χ1n) is 6.14. The highest BCUT2D eigenvalue weighted by atomic mass is 32.2. The van der Waals surface area contributed by atoms with Crippen molar-refractivity contribution in [2.75, 3.05) is 6.26 Å². The predicted molar refractivity (Wildman–Crippen MR) is 81.5 cm³/mol. The number of carbonyl (C=O) groups is 2. The van der Waals surface area contributed by atoms with Crippen LogP contribution in [0.15, 0.2) is 39.7 Å². The van der Waals surface area contributed by atoms with E-state index in [1.54, 1.807) is 18.4 Å². The van der Waals surface area contributed by atoms with Crippen LogP contribution in [0.5, 0.6) is 5.75 Å². The summed E-state index contributed by atoms with van der Waals surface area (Å²) in [5.41, 5.74) is 0.337. The van der Waals surface area contributed by atoms with E-state index in [4.69, 9.17) is 4.42 Å². The molecular weight excluding hydrogens is 309 g/mol. The van der Waals surface area contributed by atoms with Crippen LogP contribution in [0, 0.1) is 5.82 Å². The van der Waals surface area contributed by atoms with Crippen LogP contribution in [-0.2, 0) is 9.59 Å². The van der Waals surface area contributed by atoms with Gasteiger partial charge >= 0.3 is 0 Å². The van der Waals surface area contributed by atoms with Crippen molar-refractivity contribution < 1.29 is 23.5 Å². The Morgan fingerprint density at radius 1 is 1.36 bits per heavy atom. The van der Waals surface area contributed by atoms with Crippen LogP contribution in [0.4, 0.5) is 4.39 Å². The van der Waals surface area contributed by atoms with Crippen molar-refractivity contribution in [2.24, 2.45) is 0 Å². The van der Waals surface area contributed by atoms with E-state index in [1.807, 2.05) is 5.32 Å². The first-order valence-corrected chi connectivity index (χ1v) is 7.36. The van der Waals surface area contributed by atoms with Gasteiger partial charge in [-0.3, -0.25) is 14.9 Å². The zero-order chi connectivity index (χ0) is 16.1. The minimum absolute atomic E-state index is 0.242. The summed E-state index contributed by atoms with van der Waals surface area (Å²) in [5.74, 6) is -0.633. The second-order valence-corrected chi connectivity index (χ2v) is 5.02. The third-order valence-corrected chi connectivity index (χ3v) is 3.50. The smallest absolute Gasteiger partial charge is 0.264 e. The Hall–Kier alpha value is -2.54. The molecule has 2 N–H and O–H groups in total. The number of imide groups is 1. The SMILES string of the molecule is CS/C(=C\c1ccc(-c2ccc(F)cc2O)o1)C(=O)NC=O. The van der Waals surface area contributed by atoms with Crippen LogP contribution in [0.1, 0.15) is 5.76 Å². The molecule has 5 nitrogen and oxygen atoms in total. The highest BCUT2D eigenvalue weighted by Crippen LogP contribution is 2.31. The van der Waals surface area contributed by atoms with E-state index in [2.05, 4.69) is 0 Å². The lowest BCUT2D eigenvalue weighted by atomic mass is 10.1. The van der Waals surface area contributed by atoms with E-state index in [0.717, 1.165) is 17.8 Å². The van der Waals surface area contributed by atoms with Gasteiger partial charge in [-0.05, 0) is 36.6 Å². The molecule has 2 rings (SSSR count). The molecule has 2 aromatic rings. The summed E-state index contributed by atoms with van der Waals surface area (Å²) >= 11 is 1.15. The highest BCUT2D eigenvalue weighted by molar-refractivity contribution is 8.03. The Kier molecular flexibility index (Phi) is 5.00. The van der Waals surface area contributed by atoms with Crippen molar-refractivity contribution in [3.63, 3.8) is 0 Å². The van der Waals surface area contributed by atoms with E-state index in [9.17, 15) is 19.1 Å². The largest absolute Gasteiger partial charge is 0.507 e. The number of phenols is 1. The van der Waals surface area contributed by atoms with E-state index in [1.165, 1.54) is 18.2 Å². The van der Waals surface area contributed by atoms with Crippen LogP contribution < -0.4 is 5.32 Å². The van der Waals surface area contributed by atoms with Gasteiger partial charge in [0.25, 0.3) is 5.91 Å². The average molecular weight is 321 g/mol. The van der Waals surface area contributed by atoms with Crippen LogP contribution in [0.3, 0.4) is 0 Å². The lowest BCUT2D eigenvalue weighted by Crippen LogP contribution is -2.21. The molecule has 22 heavy (non-hydrogen) atoms. The van der Waals surface area contributed by atoms with Gasteiger partial charge < -0.3 is 9.52 Å². The summed E-state index contributed by atoms with van der Waals surface area (Å²) in [5, 5.41) is 11.8. The lowest BCUT2D eigenvalue weighted by Gasteiger charge is -2.01. The third-order valence-electron chi connectivity index (χ3n) is 2.76. The van der Waals surface area contributed by atoms with Gasteiger partial charge in [0.15, 0.2) is 0 Å². The van der Waals surface area contributed by atoms with Crippen molar-refractivity contribution in [3.8, 4) is 17.1 Å². The average Bonchev–Trinajstić information content (AvgIpc) is 2.93. The van der Waals surface area contributed by atoms with E-state index >= 15 is 0 Å². The van der Waals surface area contributed by atoms with Gasteiger partial charge in [-0.2, -0.15) is 0 Å². The molecule has 1 aromatic carbocycles. The molecule has 0 spiro atoms. The summed E-state index contributed by atoms with van der Waals surface area (Å²) in [6, 6.07) is 6.78. The number of benzene rings is 1. The molecule has 0 aliphatic carbocycles. The Balaban J connectivity index is 2.31. The number of aromatic hydroxyl groups is 1. The number of phenolic OH excluding ortho intramolecular Hbond substituents is 1. The maximum Gasteiger partial charge on any atom is 0.264 e. The van der Waals surface area contributed by atoms with Crippen molar-refractivity contribution in [3.05, 3.63) is 46.8 Å². The Bertz CT molecular complexity index is 739. The summed E-state index contributed by atoms with van der Waals surface area (Å²) in [6.07, 6.45) is 3.45. The standard InChI is InChI=1S/C15H12FNO4S/c1-22-14(15(20)17-8-18)7-10-3-5-13(21-10)11-4-2-9(16)6-12(11)19/h2-8,19H,1H3,(H,17,18,20)/b14-7-. The third kappa shape index (κ3) is 3.56. The minimum atomic E-state index is -0.553. The molecule has 0 aliphatic heterocycles. The highest BCUT2D eigenvalue weighted by Gasteiger charge is 2.12. The normalized spacial score (nSPS) is 11.3. The molecule has 0 aliphatic rings. The molecule has 2 amide bonds. The van der Waals surface area contributed by atoms with Crippen LogP contribution in [0.2, 0.25) is 0 Å². The van der Waals surface area contributed by atoms with Gasteiger partial charge in [0.1, 0.15) is 23.1 Å². The predicted octanol–water partition coefficient (Wildman–Crippen LogP) is 2.77. The lowest BCUT2D eigenvalue weighted by molar-refractivity contribution is -0.121. The first kappa shape index (κ1) is 15.8. The van der Waals surface area contributed by atoms with E-state index in [-0.39, 0.29) is 10.7 Å². The van der Waals surface area contributed by atoms with Gasteiger partial charge in [0.05, 0.1) is 10.5 Å². The second-order valence-electron chi connectivity index (χ2n) is 4.17. The fourth-order valence-electron chi connectivity index (χ4n) is 1.76. The maximum atomic E-state index is 13.0. The zero-order valence-corrected chi connectivity index (χ0v) is 12.3. The monoisotopic (exact) mass is 321 g/mol. The topological polar surface area (TPSA) is 79.5 Å². The number of hydrogen-bond acceptors (Lipinski definition) is 5. The number of thioether (sulfide) groups is 1. The fourth-order valence-corrected chi connectivity index (χ4v) is 2.24. The molecule has 0 fully saturated rings. The molecular formula is C15H12FNO4S. The summed E-state index contributed by atoms with van der Waals surface area (Å²) in [6.45, 7) is 0. The number of hydrogen-bond donors (Lipinski definition) is 2. The number of furan rings is 1. The van der Waals surface area contributed by atoms with Crippen molar-refractivity contribution in [1.82, 2.24) is 5.32 Å². The Labute approximate surface area is 129 Å². The number of carbonyl (C=O) groups excluding carboxylic acids is 2. The molecule has 0 unspecified atom stereocenters.